The Labute approximate surface area is 187 Å². The Kier molecular flexibility index (Phi) is 7.27. The SMILES string of the molecule is COc1ccccc1C(CNC(=O)Cc1csc(-c2cccnc2)n1)N1CCCCC1. The summed E-state index contributed by atoms with van der Waals surface area (Å²) in [4.78, 5) is 23.9. The molecule has 1 aliphatic heterocycles. The predicted molar refractivity (Wildman–Crippen MR) is 123 cm³/mol. The van der Waals surface area contributed by atoms with E-state index >= 15 is 0 Å². The van der Waals surface area contributed by atoms with Crippen molar-refractivity contribution in [3.8, 4) is 16.3 Å². The van der Waals surface area contributed by atoms with Crippen LogP contribution in [-0.4, -0.2) is 47.5 Å². The zero-order valence-electron chi connectivity index (χ0n) is 17.8. The lowest BCUT2D eigenvalue weighted by molar-refractivity contribution is -0.120. The van der Waals surface area contributed by atoms with E-state index in [-0.39, 0.29) is 18.4 Å². The van der Waals surface area contributed by atoms with Crippen molar-refractivity contribution in [2.24, 2.45) is 0 Å². The van der Waals surface area contributed by atoms with Gasteiger partial charge in [0, 0.05) is 35.4 Å². The molecule has 1 saturated heterocycles. The van der Waals surface area contributed by atoms with Gasteiger partial charge in [-0.05, 0) is 44.1 Å². The Hall–Kier alpha value is -2.77. The summed E-state index contributed by atoms with van der Waals surface area (Å²) in [6.07, 6.45) is 7.45. The number of hydrogen-bond donors (Lipinski definition) is 1. The number of thiazole rings is 1. The zero-order chi connectivity index (χ0) is 21.5. The molecule has 1 N–H and O–H groups in total. The van der Waals surface area contributed by atoms with Gasteiger partial charge in [-0.25, -0.2) is 4.98 Å². The number of para-hydroxylation sites is 1. The molecule has 0 radical (unpaired) electrons. The quantitative estimate of drug-likeness (QED) is 0.576. The monoisotopic (exact) mass is 436 g/mol. The number of methoxy groups -OCH3 is 1. The molecule has 4 rings (SSSR count). The molecule has 1 amide bonds. The lowest BCUT2D eigenvalue weighted by Crippen LogP contribution is -2.41. The molecule has 7 heteroatoms. The van der Waals surface area contributed by atoms with Gasteiger partial charge in [-0.1, -0.05) is 24.6 Å². The Bertz CT molecular complexity index is 986. The summed E-state index contributed by atoms with van der Waals surface area (Å²) in [6.45, 7) is 2.64. The van der Waals surface area contributed by atoms with Crippen molar-refractivity contribution in [1.29, 1.82) is 0 Å². The van der Waals surface area contributed by atoms with E-state index in [9.17, 15) is 4.79 Å². The minimum atomic E-state index is -0.0139. The lowest BCUT2D eigenvalue weighted by Gasteiger charge is -2.35. The molecular weight excluding hydrogens is 408 g/mol. The van der Waals surface area contributed by atoms with E-state index in [2.05, 4.69) is 26.3 Å². The molecule has 3 aromatic rings. The number of rotatable bonds is 8. The second-order valence-electron chi connectivity index (χ2n) is 7.72. The Morgan fingerprint density at radius 2 is 2.03 bits per heavy atom. The third-order valence-corrected chi connectivity index (χ3v) is 6.56. The number of benzene rings is 1. The summed E-state index contributed by atoms with van der Waals surface area (Å²) in [6, 6.07) is 12.1. The standard InChI is InChI=1S/C24H28N4O2S/c1-30-22-10-4-3-9-20(22)21(28-12-5-2-6-13-28)16-26-23(29)14-19-17-31-24(27-19)18-8-7-11-25-15-18/h3-4,7-11,15,17,21H,2,5-6,12-14,16H2,1H3,(H,26,29). The molecule has 1 aliphatic rings. The third-order valence-electron chi connectivity index (χ3n) is 5.62. The molecule has 0 spiro atoms. The largest absolute Gasteiger partial charge is 0.496 e. The molecule has 1 unspecified atom stereocenters. The first-order valence-electron chi connectivity index (χ1n) is 10.7. The molecule has 3 heterocycles. The maximum atomic E-state index is 12.7. The van der Waals surface area contributed by atoms with Crippen LogP contribution in [0.1, 0.15) is 36.6 Å². The maximum Gasteiger partial charge on any atom is 0.226 e. The molecule has 6 nitrogen and oxygen atoms in total. The van der Waals surface area contributed by atoms with Crippen LogP contribution in [0.25, 0.3) is 10.6 Å². The van der Waals surface area contributed by atoms with Crippen molar-refractivity contribution >= 4 is 17.2 Å². The number of carbonyl (C=O) groups is 1. The van der Waals surface area contributed by atoms with Crippen LogP contribution >= 0.6 is 11.3 Å². The second-order valence-corrected chi connectivity index (χ2v) is 8.58. The number of aromatic nitrogens is 2. The van der Waals surface area contributed by atoms with Gasteiger partial charge in [0.05, 0.1) is 25.3 Å². The summed E-state index contributed by atoms with van der Waals surface area (Å²) in [5.41, 5.74) is 2.88. The van der Waals surface area contributed by atoms with E-state index in [1.807, 2.05) is 35.7 Å². The molecule has 2 aromatic heterocycles. The Morgan fingerprint density at radius 3 is 2.81 bits per heavy atom. The normalized spacial score (nSPS) is 15.4. The van der Waals surface area contributed by atoms with Gasteiger partial charge in [-0.3, -0.25) is 14.7 Å². The average Bonchev–Trinajstić information content (AvgIpc) is 3.29. The lowest BCUT2D eigenvalue weighted by atomic mass is 10.0. The fourth-order valence-electron chi connectivity index (χ4n) is 4.06. The highest BCUT2D eigenvalue weighted by Crippen LogP contribution is 2.31. The first-order chi connectivity index (χ1) is 15.2. The van der Waals surface area contributed by atoms with Crippen molar-refractivity contribution in [3.63, 3.8) is 0 Å². The second kappa shape index (κ2) is 10.5. The number of carbonyl (C=O) groups excluding carboxylic acids is 1. The summed E-state index contributed by atoms with van der Waals surface area (Å²) in [5, 5.41) is 5.98. The molecule has 0 bridgehead atoms. The summed E-state index contributed by atoms with van der Waals surface area (Å²) >= 11 is 1.54. The molecule has 1 aromatic carbocycles. The summed E-state index contributed by atoms with van der Waals surface area (Å²) in [7, 11) is 1.70. The van der Waals surface area contributed by atoms with Gasteiger partial charge in [0.15, 0.2) is 0 Å². The number of hydrogen-bond acceptors (Lipinski definition) is 6. The van der Waals surface area contributed by atoms with Crippen LogP contribution in [-0.2, 0) is 11.2 Å². The van der Waals surface area contributed by atoms with Crippen LogP contribution in [0.3, 0.4) is 0 Å². The number of nitrogens with one attached hydrogen (secondary N) is 1. The Morgan fingerprint density at radius 1 is 1.19 bits per heavy atom. The topological polar surface area (TPSA) is 67.3 Å². The minimum absolute atomic E-state index is 0.0139. The number of pyridine rings is 1. The molecule has 1 atom stereocenters. The van der Waals surface area contributed by atoms with E-state index < -0.39 is 0 Å². The number of likely N-dealkylation sites (tertiary alicyclic amines) is 1. The van der Waals surface area contributed by atoms with Crippen LogP contribution in [0, 0.1) is 0 Å². The van der Waals surface area contributed by atoms with E-state index in [4.69, 9.17) is 4.74 Å². The van der Waals surface area contributed by atoms with Gasteiger partial charge in [0.1, 0.15) is 10.8 Å². The third kappa shape index (κ3) is 5.48. The van der Waals surface area contributed by atoms with Gasteiger partial charge in [-0.2, -0.15) is 0 Å². The molecule has 31 heavy (non-hydrogen) atoms. The molecular formula is C24H28N4O2S. The van der Waals surface area contributed by atoms with Crippen molar-refractivity contribution in [2.75, 3.05) is 26.7 Å². The van der Waals surface area contributed by atoms with E-state index in [1.54, 1.807) is 19.5 Å². The minimum Gasteiger partial charge on any atom is -0.496 e. The van der Waals surface area contributed by atoms with Crippen molar-refractivity contribution in [2.45, 2.75) is 31.7 Å². The van der Waals surface area contributed by atoms with Gasteiger partial charge in [0.25, 0.3) is 0 Å². The van der Waals surface area contributed by atoms with Crippen LogP contribution < -0.4 is 10.1 Å². The highest BCUT2D eigenvalue weighted by Gasteiger charge is 2.25. The van der Waals surface area contributed by atoms with E-state index in [0.717, 1.165) is 40.7 Å². The van der Waals surface area contributed by atoms with Crippen LogP contribution in [0.4, 0.5) is 0 Å². The Balaban J connectivity index is 1.42. The molecule has 162 valence electrons. The van der Waals surface area contributed by atoms with Gasteiger partial charge >= 0.3 is 0 Å². The average molecular weight is 437 g/mol. The number of amides is 1. The maximum absolute atomic E-state index is 12.7. The van der Waals surface area contributed by atoms with Gasteiger partial charge < -0.3 is 10.1 Å². The predicted octanol–water partition coefficient (Wildman–Crippen LogP) is 4.10. The van der Waals surface area contributed by atoms with Crippen LogP contribution in [0.2, 0.25) is 0 Å². The van der Waals surface area contributed by atoms with Crippen LogP contribution in [0.15, 0.2) is 54.2 Å². The molecule has 0 saturated carbocycles. The van der Waals surface area contributed by atoms with Gasteiger partial charge in [-0.15, -0.1) is 11.3 Å². The van der Waals surface area contributed by atoms with Crippen molar-refractivity contribution < 1.29 is 9.53 Å². The van der Waals surface area contributed by atoms with Crippen molar-refractivity contribution in [3.05, 3.63) is 65.4 Å². The fourth-order valence-corrected chi connectivity index (χ4v) is 4.87. The summed E-state index contributed by atoms with van der Waals surface area (Å²) < 4.78 is 5.61. The smallest absolute Gasteiger partial charge is 0.226 e. The highest BCUT2D eigenvalue weighted by atomic mass is 32.1. The summed E-state index contributed by atoms with van der Waals surface area (Å²) in [5.74, 6) is 0.855. The number of nitrogens with zero attached hydrogens (tertiary/aromatic N) is 3. The van der Waals surface area contributed by atoms with E-state index in [1.165, 1.54) is 30.6 Å². The van der Waals surface area contributed by atoms with E-state index in [0.29, 0.717) is 6.54 Å². The number of ether oxygens (including phenoxy) is 1. The highest BCUT2D eigenvalue weighted by molar-refractivity contribution is 7.13. The fraction of sp³-hybridized carbons (Fsp3) is 0.375. The first kappa shape index (κ1) is 21.5. The van der Waals surface area contributed by atoms with Crippen molar-refractivity contribution in [1.82, 2.24) is 20.2 Å². The number of piperidine rings is 1. The van der Waals surface area contributed by atoms with Gasteiger partial charge in [0.2, 0.25) is 5.91 Å². The first-order valence-corrected chi connectivity index (χ1v) is 11.6. The molecule has 1 fully saturated rings. The van der Waals surface area contributed by atoms with Crippen LogP contribution in [0.5, 0.6) is 5.75 Å². The zero-order valence-corrected chi connectivity index (χ0v) is 18.6. The molecule has 0 aliphatic carbocycles.